The first-order chi connectivity index (χ1) is 17.4. The third-order valence-corrected chi connectivity index (χ3v) is 6.91. The molecule has 36 heavy (non-hydrogen) atoms. The summed E-state index contributed by atoms with van der Waals surface area (Å²) in [5.74, 6) is -0.258. The van der Waals surface area contributed by atoms with Gasteiger partial charge in [-0.05, 0) is 59.9 Å². The van der Waals surface area contributed by atoms with Gasteiger partial charge in [-0.2, -0.15) is 0 Å². The van der Waals surface area contributed by atoms with Crippen molar-refractivity contribution in [2.24, 2.45) is 0 Å². The molecule has 0 spiro atoms. The summed E-state index contributed by atoms with van der Waals surface area (Å²) in [6.45, 7) is 2.54. The molecule has 0 saturated carbocycles. The molecule has 3 aromatic rings. The third-order valence-electron chi connectivity index (χ3n) is 6.68. The maximum Gasteiger partial charge on any atom is 0.237 e. The number of hydrogen-bond donors (Lipinski definition) is 2. The number of nitrogens with one attached hydrogen (secondary N) is 2. The fourth-order valence-corrected chi connectivity index (χ4v) is 4.90. The molecule has 0 aromatic heterocycles. The highest BCUT2D eigenvalue weighted by Gasteiger charge is 2.36. The maximum absolute atomic E-state index is 13.9. The Morgan fingerprint density at radius 1 is 1.06 bits per heavy atom. The van der Waals surface area contributed by atoms with Crippen molar-refractivity contribution < 1.29 is 9.18 Å². The van der Waals surface area contributed by atoms with Gasteiger partial charge in [0, 0.05) is 57.0 Å². The van der Waals surface area contributed by atoms with E-state index in [0.29, 0.717) is 36.5 Å². The zero-order valence-corrected chi connectivity index (χ0v) is 21.6. The largest absolute Gasteiger partial charge is 0.378 e. The molecular formula is C29H34ClFN4O. The lowest BCUT2D eigenvalue weighted by atomic mass is 10.1. The first-order valence-electron chi connectivity index (χ1n) is 12.4. The maximum atomic E-state index is 13.9. The van der Waals surface area contributed by atoms with Crippen molar-refractivity contribution in [1.82, 2.24) is 15.5 Å². The molecule has 0 radical (unpaired) electrons. The molecular weight excluding hydrogens is 475 g/mol. The molecule has 5 nitrogen and oxygen atoms in total. The zero-order valence-electron chi connectivity index (χ0n) is 20.9. The summed E-state index contributed by atoms with van der Waals surface area (Å²) in [6.07, 6.45) is 1.17. The zero-order chi connectivity index (χ0) is 25.5. The van der Waals surface area contributed by atoms with Gasteiger partial charge in [0.2, 0.25) is 5.91 Å². The van der Waals surface area contributed by atoms with Gasteiger partial charge in [0.1, 0.15) is 5.82 Å². The Kier molecular flexibility index (Phi) is 8.97. The van der Waals surface area contributed by atoms with Crippen LogP contribution in [0.25, 0.3) is 0 Å². The van der Waals surface area contributed by atoms with Gasteiger partial charge in [-0.1, -0.05) is 54.1 Å². The molecule has 1 fully saturated rings. The van der Waals surface area contributed by atoms with Gasteiger partial charge in [0.05, 0.1) is 6.04 Å². The predicted octanol–water partition coefficient (Wildman–Crippen LogP) is 4.64. The number of carbonyl (C=O) groups excluding carboxylic acids is 1. The Labute approximate surface area is 218 Å². The van der Waals surface area contributed by atoms with Crippen LogP contribution < -0.4 is 15.5 Å². The summed E-state index contributed by atoms with van der Waals surface area (Å²) in [4.78, 5) is 17.5. The van der Waals surface area contributed by atoms with Crippen LogP contribution in [0.5, 0.6) is 0 Å². The molecule has 0 bridgehead atoms. The second kappa shape index (κ2) is 12.3. The highest BCUT2D eigenvalue weighted by atomic mass is 35.5. The smallest absolute Gasteiger partial charge is 0.237 e. The minimum Gasteiger partial charge on any atom is -0.378 e. The van der Waals surface area contributed by atoms with E-state index in [1.165, 1.54) is 17.3 Å². The van der Waals surface area contributed by atoms with E-state index in [-0.39, 0.29) is 23.8 Å². The fourth-order valence-electron chi connectivity index (χ4n) is 4.68. The summed E-state index contributed by atoms with van der Waals surface area (Å²) in [5, 5.41) is 7.36. The lowest BCUT2D eigenvalue weighted by Gasteiger charge is -2.23. The third kappa shape index (κ3) is 7.06. The Morgan fingerprint density at radius 2 is 1.83 bits per heavy atom. The number of nitrogens with zero attached hydrogens (tertiary/aromatic N) is 2. The summed E-state index contributed by atoms with van der Waals surface area (Å²) < 4.78 is 13.9. The molecule has 0 unspecified atom stereocenters. The van der Waals surface area contributed by atoms with Crippen molar-refractivity contribution in [3.05, 3.63) is 100 Å². The number of halogens is 2. The minimum atomic E-state index is -0.266. The van der Waals surface area contributed by atoms with Crippen LogP contribution in [-0.4, -0.2) is 50.1 Å². The van der Waals surface area contributed by atoms with Gasteiger partial charge in [-0.25, -0.2) is 4.39 Å². The van der Waals surface area contributed by atoms with Crippen LogP contribution in [0.4, 0.5) is 10.1 Å². The molecule has 1 saturated heterocycles. The van der Waals surface area contributed by atoms with Crippen LogP contribution >= 0.6 is 11.6 Å². The quantitative estimate of drug-likeness (QED) is 0.419. The molecule has 1 amide bonds. The first-order valence-corrected chi connectivity index (χ1v) is 12.8. The SMILES string of the molecule is CN(C)c1ccc(CN[C@H]2C[C@@H](C(=O)NCCc3ccccc3F)N(Cc3cccc(Cl)c3)C2)cc1. The van der Waals surface area contributed by atoms with E-state index < -0.39 is 0 Å². The number of hydrogen-bond acceptors (Lipinski definition) is 4. The van der Waals surface area contributed by atoms with Crippen molar-refractivity contribution in [2.45, 2.75) is 38.0 Å². The normalized spacial score (nSPS) is 17.8. The van der Waals surface area contributed by atoms with Gasteiger partial charge in [0.25, 0.3) is 0 Å². The summed E-state index contributed by atoms with van der Waals surface area (Å²) in [5.41, 5.74) is 4.06. The van der Waals surface area contributed by atoms with Crippen molar-refractivity contribution in [3.63, 3.8) is 0 Å². The molecule has 3 aromatic carbocycles. The number of amides is 1. The first kappa shape index (κ1) is 26.1. The van der Waals surface area contributed by atoms with Gasteiger partial charge in [-0.3, -0.25) is 9.69 Å². The lowest BCUT2D eigenvalue weighted by molar-refractivity contribution is -0.125. The highest BCUT2D eigenvalue weighted by Crippen LogP contribution is 2.23. The van der Waals surface area contributed by atoms with Gasteiger partial charge in [-0.15, -0.1) is 0 Å². The standard InChI is InChI=1S/C29H34ClFN4O/c1-34(2)26-12-10-21(11-13-26)18-33-25-17-28(35(20-25)19-22-6-5-8-24(30)16-22)29(36)32-15-14-23-7-3-4-9-27(23)31/h3-13,16,25,28,33H,14-15,17-20H2,1-2H3,(H,32,36)/t25-,28-/m0/s1. The van der Waals surface area contributed by atoms with Crippen molar-refractivity contribution in [1.29, 1.82) is 0 Å². The van der Waals surface area contributed by atoms with E-state index in [9.17, 15) is 9.18 Å². The molecule has 4 rings (SSSR count). The number of anilines is 1. The minimum absolute atomic E-state index is 0.0204. The van der Waals surface area contributed by atoms with Gasteiger partial charge >= 0.3 is 0 Å². The second-order valence-corrected chi connectivity index (χ2v) is 10.0. The van der Waals surface area contributed by atoms with Crippen molar-refractivity contribution in [2.75, 3.05) is 32.1 Å². The number of carbonyl (C=O) groups is 1. The molecule has 1 aliphatic rings. The Balaban J connectivity index is 1.38. The van der Waals surface area contributed by atoms with E-state index in [0.717, 1.165) is 18.7 Å². The van der Waals surface area contributed by atoms with E-state index in [4.69, 9.17) is 11.6 Å². The number of likely N-dealkylation sites (tertiary alicyclic amines) is 1. The van der Waals surface area contributed by atoms with Crippen molar-refractivity contribution >= 4 is 23.2 Å². The van der Waals surface area contributed by atoms with Crippen LogP contribution in [-0.2, 0) is 24.3 Å². The number of rotatable bonds is 10. The van der Waals surface area contributed by atoms with E-state index in [1.807, 2.05) is 44.4 Å². The summed E-state index contributed by atoms with van der Waals surface area (Å²) >= 11 is 6.20. The molecule has 7 heteroatoms. The number of benzene rings is 3. The van der Waals surface area contributed by atoms with Gasteiger partial charge < -0.3 is 15.5 Å². The highest BCUT2D eigenvalue weighted by molar-refractivity contribution is 6.30. The van der Waals surface area contributed by atoms with E-state index >= 15 is 0 Å². The van der Waals surface area contributed by atoms with Crippen LogP contribution in [0.1, 0.15) is 23.1 Å². The van der Waals surface area contributed by atoms with Crippen LogP contribution in [0.15, 0.2) is 72.8 Å². The average Bonchev–Trinajstić information content (AvgIpc) is 3.26. The Hall–Kier alpha value is -2.93. The van der Waals surface area contributed by atoms with Crippen LogP contribution in [0, 0.1) is 5.82 Å². The molecule has 0 aliphatic carbocycles. The fraction of sp³-hybridized carbons (Fsp3) is 0.345. The van der Waals surface area contributed by atoms with Crippen LogP contribution in [0.2, 0.25) is 5.02 Å². The lowest BCUT2D eigenvalue weighted by Crippen LogP contribution is -2.43. The Morgan fingerprint density at radius 3 is 2.56 bits per heavy atom. The summed E-state index contributed by atoms with van der Waals surface area (Å²) in [6, 6.07) is 22.9. The molecule has 2 N–H and O–H groups in total. The van der Waals surface area contributed by atoms with Crippen LogP contribution in [0.3, 0.4) is 0 Å². The van der Waals surface area contributed by atoms with Gasteiger partial charge in [0.15, 0.2) is 0 Å². The average molecular weight is 509 g/mol. The Bertz CT molecular complexity index is 1150. The second-order valence-electron chi connectivity index (χ2n) is 9.58. The molecule has 1 aliphatic heterocycles. The predicted molar refractivity (Wildman–Crippen MR) is 145 cm³/mol. The van der Waals surface area contributed by atoms with E-state index in [1.54, 1.807) is 12.1 Å². The monoisotopic (exact) mass is 508 g/mol. The molecule has 1 heterocycles. The topological polar surface area (TPSA) is 47.6 Å². The van der Waals surface area contributed by atoms with E-state index in [2.05, 4.69) is 44.7 Å². The van der Waals surface area contributed by atoms with Crippen molar-refractivity contribution in [3.8, 4) is 0 Å². The molecule has 190 valence electrons. The summed E-state index contributed by atoms with van der Waals surface area (Å²) in [7, 11) is 4.06. The molecule has 2 atom stereocenters.